The van der Waals surface area contributed by atoms with E-state index in [9.17, 15) is 13.6 Å². The molecule has 8 heteroatoms. The van der Waals surface area contributed by atoms with E-state index in [2.05, 4.69) is 20.9 Å². The molecule has 0 spiro atoms. The molecule has 1 saturated heterocycles. The summed E-state index contributed by atoms with van der Waals surface area (Å²) in [6.45, 7) is 8.32. The predicted molar refractivity (Wildman–Crippen MR) is 104 cm³/mol. The first-order valence-corrected chi connectivity index (χ1v) is 9.43. The van der Waals surface area contributed by atoms with Gasteiger partial charge in [-0.3, -0.25) is 9.79 Å². The number of carbonyl (C=O) groups excluding carboxylic acids is 1. The summed E-state index contributed by atoms with van der Waals surface area (Å²) in [7, 11) is 0. The number of aliphatic imine (C=N–C) groups is 1. The zero-order valence-electron chi connectivity index (χ0n) is 16.2. The summed E-state index contributed by atoms with van der Waals surface area (Å²) in [4.78, 5) is 17.7. The average Bonchev–Trinajstić information content (AvgIpc) is 3.06. The van der Waals surface area contributed by atoms with Gasteiger partial charge in [-0.15, -0.1) is 0 Å². The normalized spacial score (nSPS) is 17.3. The molecule has 6 nitrogen and oxygen atoms in total. The number of hydrogen-bond donors (Lipinski definition) is 3. The zero-order chi connectivity index (χ0) is 19.8. The van der Waals surface area contributed by atoms with Crippen molar-refractivity contribution in [3.05, 3.63) is 29.8 Å². The maximum atomic E-state index is 14.0. The number of para-hydroxylation sites is 1. The molecule has 1 heterocycles. The molecule has 1 unspecified atom stereocenters. The highest BCUT2D eigenvalue weighted by molar-refractivity contribution is 5.80. The van der Waals surface area contributed by atoms with E-state index >= 15 is 0 Å². The lowest BCUT2D eigenvalue weighted by Gasteiger charge is -2.21. The fraction of sp³-hybridized carbons (Fsp3) is 0.579. The Morgan fingerprint density at radius 1 is 1.30 bits per heavy atom. The molecule has 1 aliphatic rings. The number of rotatable bonds is 7. The number of nitrogens with one attached hydrogen (secondary N) is 3. The van der Waals surface area contributed by atoms with Crippen molar-refractivity contribution < 1.29 is 13.6 Å². The van der Waals surface area contributed by atoms with Gasteiger partial charge in [0.1, 0.15) is 17.3 Å². The molecule has 2 rings (SSSR count). The third-order valence-electron chi connectivity index (χ3n) is 4.33. The van der Waals surface area contributed by atoms with Gasteiger partial charge < -0.3 is 20.9 Å². The first kappa shape index (κ1) is 20.9. The van der Waals surface area contributed by atoms with Crippen LogP contribution in [0.4, 0.5) is 14.5 Å². The van der Waals surface area contributed by atoms with Crippen molar-refractivity contribution in [1.82, 2.24) is 16.0 Å². The third-order valence-corrected chi connectivity index (χ3v) is 4.33. The van der Waals surface area contributed by atoms with Crippen LogP contribution < -0.4 is 20.9 Å². The number of guanidine groups is 1. The van der Waals surface area contributed by atoms with E-state index < -0.39 is 11.6 Å². The van der Waals surface area contributed by atoms with Crippen LogP contribution in [0.25, 0.3) is 0 Å². The van der Waals surface area contributed by atoms with E-state index in [1.54, 1.807) is 4.90 Å². The minimum Gasteiger partial charge on any atom is -0.365 e. The van der Waals surface area contributed by atoms with Gasteiger partial charge in [-0.25, -0.2) is 8.78 Å². The Bertz CT molecular complexity index is 645. The molecule has 1 aliphatic heterocycles. The first-order chi connectivity index (χ1) is 12.9. The topological polar surface area (TPSA) is 68.8 Å². The van der Waals surface area contributed by atoms with Crippen LogP contribution in [0.3, 0.4) is 0 Å². The summed E-state index contributed by atoms with van der Waals surface area (Å²) in [5.41, 5.74) is 0.0279. The van der Waals surface area contributed by atoms with Crippen molar-refractivity contribution >= 4 is 17.6 Å². The Morgan fingerprint density at radius 2 is 2.00 bits per heavy atom. The van der Waals surface area contributed by atoms with Gasteiger partial charge in [-0.05, 0) is 25.5 Å². The Balaban J connectivity index is 1.89. The summed E-state index contributed by atoms with van der Waals surface area (Å²) in [5.74, 6) is -0.503. The number of carbonyl (C=O) groups is 1. The second kappa shape index (κ2) is 10.1. The fourth-order valence-electron chi connectivity index (χ4n) is 2.94. The number of hydrogen-bond acceptors (Lipinski definition) is 3. The lowest BCUT2D eigenvalue weighted by atomic mass is 10.2. The van der Waals surface area contributed by atoms with E-state index in [4.69, 9.17) is 0 Å². The van der Waals surface area contributed by atoms with Gasteiger partial charge in [-0.2, -0.15) is 0 Å². The maximum absolute atomic E-state index is 14.0. The molecule has 0 bridgehead atoms. The zero-order valence-corrected chi connectivity index (χ0v) is 16.2. The summed E-state index contributed by atoms with van der Waals surface area (Å²) >= 11 is 0. The van der Waals surface area contributed by atoms with E-state index in [1.165, 1.54) is 18.2 Å². The number of nitrogens with zero attached hydrogens (tertiary/aromatic N) is 2. The van der Waals surface area contributed by atoms with Gasteiger partial charge in [0.2, 0.25) is 5.91 Å². The van der Waals surface area contributed by atoms with Gasteiger partial charge in [0, 0.05) is 38.1 Å². The maximum Gasteiger partial charge on any atom is 0.222 e. The average molecular weight is 381 g/mol. The van der Waals surface area contributed by atoms with E-state index in [1.807, 2.05) is 20.8 Å². The van der Waals surface area contributed by atoms with Gasteiger partial charge >= 0.3 is 0 Å². The van der Waals surface area contributed by atoms with Crippen LogP contribution in [0.5, 0.6) is 0 Å². The highest BCUT2D eigenvalue weighted by Gasteiger charge is 2.27. The van der Waals surface area contributed by atoms with Crippen molar-refractivity contribution in [1.29, 1.82) is 0 Å². The minimum atomic E-state index is -0.544. The van der Waals surface area contributed by atoms with E-state index in [-0.39, 0.29) is 23.6 Å². The van der Waals surface area contributed by atoms with Crippen molar-refractivity contribution in [3.8, 4) is 0 Å². The molecule has 3 N–H and O–H groups in total. The molecule has 0 saturated carbocycles. The molecule has 1 aromatic carbocycles. The molecule has 0 aromatic heterocycles. The smallest absolute Gasteiger partial charge is 0.222 e. The Kier molecular flexibility index (Phi) is 7.82. The van der Waals surface area contributed by atoms with E-state index in [0.717, 1.165) is 6.42 Å². The number of benzene rings is 1. The molecule has 1 amide bonds. The molecular weight excluding hydrogens is 352 g/mol. The Labute approximate surface area is 159 Å². The highest BCUT2D eigenvalue weighted by Crippen LogP contribution is 2.26. The Morgan fingerprint density at radius 3 is 2.63 bits per heavy atom. The van der Waals surface area contributed by atoms with Crippen LogP contribution in [0.15, 0.2) is 23.2 Å². The Hall–Kier alpha value is -2.38. The summed E-state index contributed by atoms with van der Waals surface area (Å²) in [6, 6.07) is 3.95. The second-order valence-corrected chi connectivity index (χ2v) is 6.85. The van der Waals surface area contributed by atoms with Crippen molar-refractivity contribution in [2.45, 2.75) is 33.2 Å². The van der Waals surface area contributed by atoms with Gasteiger partial charge in [0.05, 0.1) is 6.54 Å². The van der Waals surface area contributed by atoms with Crippen LogP contribution in [0.2, 0.25) is 0 Å². The van der Waals surface area contributed by atoms with Crippen molar-refractivity contribution in [3.63, 3.8) is 0 Å². The molecule has 0 radical (unpaired) electrons. The highest BCUT2D eigenvalue weighted by atomic mass is 19.1. The molecule has 0 aliphatic carbocycles. The van der Waals surface area contributed by atoms with Gasteiger partial charge in [0.15, 0.2) is 5.96 Å². The molecule has 1 atom stereocenters. The third kappa shape index (κ3) is 6.08. The molecule has 1 fully saturated rings. The van der Waals surface area contributed by atoms with Gasteiger partial charge in [0.25, 0.3) is 0 Å². The minimum absolute atomic E-state index is 0.00140. The molecular formula is C19H29F2N5O. The van der Waals surface area contributed by atoms with Crippen LogP contribution >= 0.6 is 0 Å². The van der Waals surface area contributed by atoms with Crippen molar-refractivity contribution in [2.75, 3.05) is 37.6 Å². The lowest BCUT2D eigenvalue weighted by molar-refractivity contribution is -0.123. The molecule has 27 heavy (non-hydrogen) atoms. The monoisotopic (exact) mass is 381 g/mol. The summed E-state index contributed by atoms with van der Waals surface area (Å²) in [5, 5.41) is 9.28. The number of anilines is 1. The fourth-order valence-corrected chi connectivity index (χ4v) is 2.94. The number of halogens is 2. The largest absolute Gasteiger partial charge is 0.365 e. The SMILES string of the molecule is CCNC(=NCCNC(=O)C(C)C)NC1CCN(c2c(F)cccc2F)C1. The second-order valence-electron chi connectivity index (χ2n) is 6.85. The van der Waals surface area contributed by atoms with Crippen LogP contribution in [-0.2, 0) is 4.79 Å². The predicted octanol–water partition coefficient (Wildman–Crippen LogP) is 1.87. The molecule has 150 valence electrons. The standard InChI is InChI=1S/C19H29F2N5O/c1-4-22-19(24-10-9-23-18(27)13(2)3)25-14-8-11-26(12-14)17-15(20)6-5-7-16(17)21/h5-7,13-14H,4,8-12H2,1-3H3,(H,23,27)(H2,22,24,25). The van der Waals surface area contributed by atoms with Gasteiger partial charge in [-0.1, -0.05) is 19.9 Å². The van der Waals surface area contributed by atoms with Crippen LogP contribution in [0, 0.1) is 17.6 Å². The first-order valence-electron chi connectivity index (χ1n) is 9.43. The summed E-state index contributed by atoms with van der Waals surface area (Å²) < 4.78 is 27.9. The van der Waals surface area contributed by atoms with Crippen LogP contribution in [0.1, 0.15) is 27.2 Å². The quantitative estimate of drug-likeness (QED) is 0.383. The van der Waals surface area contributed by atoms with Crippen LogP contribution in [-0.4, -0.2) is 50.6 Å². The summed E-state index contributed by atoms with van der Waals surface area (Å²) in [6.07, 6.45) is 0.752. The van der Waals surface area contributed by atoms with E-state index in [0.29, 0.717) is 38.7 Å². The van der Waals surface area contributed by atoms with Crippen molar-refractivity contribution in [2.24, 2.45) is 10.9 Å². The number of amides is 1. The molecule has 1 aromatic rings. The lowest BCUT2D eigenvalue weighted by Crippen LogP contribution is -2.45.